The van der Waals surface area contributed by atoms with Gasteiger partial charge in [-0.3, -0.25) is 4.79 Å². The molecule has 0 spiro atoms. The molecule has 1 heterocycles. The zero-order valence-electron chi connectivity index (χ0n) is 8.47. The van der Waals surface area contributed by atoms with E-state index in [2.05, 4.69) is 19.2 Å². The third-order valence-corrected chi connectivity index (χ3v) is 3.13. The molecule has 0 aromatic carbocycles. The second kappa shape index (κ2) is 4.09. The van der Waals surface area contributed by atoms with Crippen LogP contribution in [0, 0.1) is 11.3 Å². The Bertz CT molecular complexity index is 185. The molecule has 2 N–H and O–H groups in total. The van der Waals surface area contributed by atoms with Gasteiger partial charge in [0.05, 0.1) is 5.41 Å². The Balaban J connectivity index is 2.62. The average Bonchev–Trinajstić information content (AvgIpc) is 2.54. The molecule has 1 aliphatic rings. The van der Waals surface area contributed by atoms with Gasteiger partial charge >= 0.3 is 5.97 Å². The van der Waals surface area contributed by atoms with Crippen LogP contribution in [-0.2, 0) is 4.79 Å². The molecule has 0 aromatic rings. The van der Waals surface area contributed by atoms with E-state index >= 15 is 0 Å². The number of carbonyl (C=O) groups is 1. The van der Waals surface area contributed by atoms with Gasteiger partial charge in [-0.15, -0.1) is 0 Å². The van der Waals surface area contributed by atoms with Crippen LogP contribution in [0.4, 0.5) is 0 Å². The van der Waals surface area contributed by atoms with Crippen molar-refractivity contribution < 1.29 is 9.90 Å². The molecule has 0 aliphatic carbocycles. The van der Waals surface area contributed by atoms with E-state index in [1.807, 2.05) is 0 Å². The van der Waals surface area contributed by atoms with Crippen molar-refractivity contribution in [2.75, 3.05) is 13.1 Å². The maximum atomic E-state index is 11.1. The van der Waals surface area contributed by atoms with Crippen molar-refractivity contribution in [1.82, 2.24) is 5.32 Å². The lowest BCUT2D eigenvalue weighted by Crippen LogP contribution is -2.34. The molecule has 0 saturated carbocycles. The molecule has 1 rings (SSSR count). The average molecular weight is 185 g/mol. The van der Waals surface area contributed by atoms with E-state index in [9.17, 15) is 4.79 Å². The van der Waals surface area contributed by atoms with Crippen LogP contribution in [0.2, 0.25) is 0 Å². The Hall–Kier alpha value is -0.570. The highest BCUT2D eigenvalue weighted by Crippen LogP contribution is 2.34. The fourth-order valence-electron chi connectivity index (χ4n) is 2.00. The Labute approximate surface area is 79.5 Å². The maximum Gasteiger partial charge on any atom is 0.310 e. The summed E-state index contributed by atoms with van der Waals surface area (Å²) in [4.78, 5) is 11.1. The maximum absolute atomic E-state index is 11.1. The van der Waals surface area contributed by atoms with Gasteiger partial charge in [0.25, 0.3) is 0 Å². The molecule has 2 atom stereocenters. The van der Waals surface area contributed by atoms with Gasteiger partial charge in [0.1, 0.15) is 0 Å². The minimum absolute atomic E-state index is 0.477. The van der Waals surface area contributed by atoms with Crippen LogP contribution >= 0.6 is 0 Å². The number of aliphatic carboxylic acids is 1. The SMILES string of the molecule is CCC(C)CC1(C(=O)O)CCNC1. The molecular formula is C10H19NO2. The lowest BCUT2D eigenvalue weighted by Gasteiger charge is -2.25. The summed E-state index contributed by atoms with van der Waals surface area (Å²) < 4.78 is 0. The summed E-state index contributed by atoms with van der Waals surface area (Å²) in [6, 6.07) is 0. The number of carboxylic acids is 1. The van der Waals surface area contributed by atoms with E-state index in [0.717, 1.165) is 25.8 Å². The van der Waals surface area contributed by atoms with Gasteiger partial charge in [-0.1, -0.05) is 20.3 Å². The molecule has 3 heteroatoms. The topological polar surface area (TPSA) is 49.3 Å². The quantitative estimate of drug-likeness (QED) is 0.697. The highest BCUT2D eigenvalue weighted by atomic mass is 16.4. The first-order chi connectivity index (χ1) is 6.10. The largest absolute Gasteiger partial charge is 0.481 e. The Morgan fingerprint density at radius 3 is 2.77 bits per heavy atom. The summed E-state index contributed by atoms with van der Waals surface area (Å²) in [5, 5.41) is 12.3. The summed E-state index contributed by atoms with van der Waals surface area (Å²) in [5.41, 5.74) is -0.477. The molecule has 76 valence electrons. The number of carboxylic acid groups (broad SMARTS) is 1. The lowest BCUT2D eigenvalue weighted by molar-refractivity contribution is -0.148. The molecule has 0 amide bonds. The fourth-order valence-corrected chi connectivity index (χ4v) is 2.00. The predicted octanol–water partition coefficient (Wildman–Crippen LogP) is 1.49. The van der Waals surface area contributed by atoms with E-state index in [4.69, 9.17) is 5.11 Å². The normalized spacial score (nSPS) is 30.3. The van der Waals surface area contributed by atoms with Crippen molar-refractivity contribution in [2.45, 2.75) is 33.1 Å². The summed E-state index contributed by atoms with van der Waals surface area (Å²) in [7, 11) is 0. The van der Waals surface area contributed by atoms with Gasteiger partial charge in [0.15, 0.2) is 0 Å². The summed E-state index contributed by atoms with van der Waals surface area (Å²) in [6.07, 6.45) is 2.66. The van der Waals surface area contributed by atoms with Crippen LogP contribution in [0.1, 0.15) is 33.1 Å². The van der Waals surface area contributed by atoms with E-state index in [1.54, 1.807) is 0 Å². The highest BCUT2D eigenvalue weighted by molar-refractivity contribution is 5.75. The van der Waals surface area contributed by atoms with E-state index in [-0.39, 0.29) is 0 Å². The van der Waals surface area contributed by atoms with Crippen molar-refractivity contribution in [3.63, 3.8) is 0 Å². The van der Waals surface area contributed by atoms with Gasteiger partial charge in [0, 0.05) is 6.54 Å². The van der Waals surface area contributed by atoms with Crippen molar-refractivity contribution in [3.8, 4) is 0 Å². The summed E-state index contributed by atoms with van der Waals surface area (Å²) in [5.74, 6) is -0.117. The van der Waals surface area contributed by atoms with Crippen molar-refractivity contribution >= 4 is 5.97 Å². The van der Waals surface area contributed by atoms with Crippen molar-refractivity contribution in [2.24, 2.45) is 11.3 Å². The Morgan fingerprint density at radius 2 is 2.38 bits per heavy atom. The summed E-state index contributed by atoms with van der Waals surface area (Å²) >= 11 is 0. The first-order valence-electron chi connectivity index (χ1n) is 5.05. The van der Waals surface area contributed by atoms with Gasteiger partial charge in [-0.25, -0.2) is 0 Å². The fraction of sp³-hybridized carbons (Fsp3) is 0.900. The molecule has 0 radical (unpaired) electrons. The number of hydrogen-bond acceptors (Lipinski definition) is 2. The number of rotatable bonds is 4. The van der Waals surface area contributed by atoms with E-state index in [1.165, 1.54) is 0 Å². The molecular weight excluding hydrogens is 166 g/mol. The van der Waals surface area contributed by atoms with Crippen LogP contribution in [-0.4, -0.2) is 24.2 Å². The molecule has 1 saturated heterocycles. The van der Waals surface area contributed by atoms with Gasteiger partial charge in [-0.2, -0.15) is 0 Å². The Kier molecular flexibility index (Phi) is 3.31. The smallest absolute Gasteiger partial charge is 0.310 e. The molecule has 13 heavy (non-hydrogen) atoms. The molecule has 0 bridgehead atoms. The molecule has 3 nitrogen and oxygen atoms in total. The third-order valence-electron chi connectivity index (χ3n) is 3.13. The minimum atomic E-state index is -0.627. The second-order valence-corrected chi connectivity index (χ2v) is 4.23. The lowest BCUT2D eigenvalue weighted by atomic mass is 9.78. The first kappa shape index (κ1) is 10.5. The Morgan fingerprint density at radius 1 is 1.69 bits per heavy atom. The molecule has 0 aromatic heterocycles. The van der Waals surface area contributed by atoms with Gasteiger partial charge < -0.3 is 10.4 Å². The van der Waals surface area contributed by atoms with Crippen LogP contribution in [0.15, 0.2) is 0 Å². The number of nitrogens with one attached hydrogen (secondary N) is 1. The van der Waals surface area contributed by atoms with Crippen molar-refractivity contribution in [1.29, 1.82) is 0 Å². The van der Waals surface area contributed by atoms with Crippen LogP contribution < -0.4 is 5.32 Å². The molecule has 2 unspecified atom stereocenters. The van der Waals surface area contributed by atoms with E-state index < -0.39 is 11.4 Å². The monoisotopic (exact) mass is 185 g/mol. The van der Waals surface area contributed by atoms with Crippen LogP contribution in [0.3, 0.4) is 0 Å². The first-order valence-corrected chi connectivity index (χ1v) is 5.05. The highest BCUT2D eigenvalue weighted by Gasteiger charge is 2.41. The number of hydrogen-bond donors (Lipinski definition) is 2. The zero-order valence-corrected chi connectivity index (χ0v) is 8.47. The summed E-state index contributed by atoms with van der Waals surface area (Å²) in [6.45, 7) is 5.74. The second-order valence-electron chi connectivity index (χ2n) is 4.23. The van der Waals surface area contributed by atoms with Crippen molar-refractivity contribution in [3.05, 3.63) is 0 Å². The zero-order chi connectivity index (χ0) is 9.90. The van der Waals surface area contributed by atoms with Gasteiger partial charge in [0.2, 0.25) is 0 Å². The molecule has 1 fully saturated rings. The van der Waals surface area contributed by atoms with Gasteiger partial charge in [-0.05, 0) is 25.3 Å². The predicted molar refractivity (Wildman–Crippen MR) is 51.6 cm³/mol. The molecule has 1 aliphatic heterocycles. The van der Waals surface area contributed by atoms with Crippen LogP contribution in [0.5, 0.6) is 0 Å². The standard InChI is InChI=1S/C10H19NO2/c1-3-8(2)6-10(9(12)13)4-5-11-7-10/h8,11H,3-7H2,1-2H3,(H,12,13). The van der Waals surface area contributed by atoms with Crippen LogP contribution in [0.25, 0.3) is 0 Å². The van der Waals surface area contributed by atoms with E-state index in [0.29, 0.717) is 12.5 Å². The third kappa shape index (κ3) is 2.21. The minimum Gasteiger partial charge on any atom is -0.481 e.